The van der Waals surface area contributed by atoms with Gasteiger partial charge >= 0.3 is 0 Å². The van der Waals surface area contributed by atoms with Gasteiger partial charge < -0.3 is 20.4 Å². The van der Waals surface area contributed by atoms with E-state index in [9.17, 15) is 15.0 Å². The highest BCUT2D eigenvalue weighted by atomic mass is 16.3. The largest absolute Gasteiger partial charge is 0.493 e. The van der Waals surface area contributed by atoms with Gasteiger partial charge in [-0.1, -0.05) is 12.1 Å². The molecule has 1 aliphatic rings. The summed E-state index contributed by atoms with van der Waals surface area (Å²) in [6, 6.07) is 8.73. The molecule has 0 bridgehead atoms. The maximum atomic E-state index is 12.4. The number of benzene rings is 1. The van der Waals surface area contributed by atoms with Crippen molar-refractivity contribution >= 4 is 11.6 Å². The lowest BCUT2D eigenvalue weighted by molar-refractivity contribution is 0.0939. The fourth-order valence-corrected chi connectivity index (χ4v) is 2.80. The number of hydrogen-bond donors (Lipinski definition) is 3. The molecule has 1 aromatic heterocycles. The second-order valence-corrected chi connectivity index (χ2v) is 5.64. The molecule has 3 N–H and O–H groups in total. The molecule has 24 heavy (non-hydrogen) atoms. The molecule has 1 amide bonds. The zero-order chi connectivity index (χ0) is 17.3. The van der Waals surface area contributed by atoms with Crippen LogP contribution in [0.15, 0.2) is 54.3 Å². The number of aryl methyl sites for hydroxylation is 1. The number of anilines is 1. The fourth-order valence-electron chi connectivity index (χ4n) is 2.80. The molecule has 2 heterocycles. The van der Waals surface area contributed by atoms with Crippen molar-refractivity contribution in [2.75, 3.05) is 11.4 Å². The molecule has 1 aromatic carbocycles. The average molecular weight is 325 g/mol. The van der Waals surface area contributed by atoms with Gasteiger partial charge in [0.25, 0.3) is 5.91 Å². The number of nitrogens with zero attached hydrogens (tertiary/aromatic N) is 2. The molecule has 1 unspecified atom stereocenters. The van der Waals surface area contributed by atoms with Crippen LogP contribution in [-0.2, 0) is 0 Å². The lowest BCUT2D eigenvalue weighted by Gasteiger charge is -2.34. The Morgan fingerprint density at radius 2 is 2.00 bits per heavy atom. The van der Waals surface area contributed by atoms with Gasteiger partial charge in [0.15, 0.2) is 0 Å². The molecule has 0 radical (unpaired) electrons. The maximum Gasteiger partial charge on any atom is 0.255 e. The van der Waals surface area contributed by atoms with Gasteiger partial charge in [-0.2, -0.15) is 0 Å². The van der Waals surface area contributed by atoms with E-state index >= 15 is 0 Å². The van der Waals surface area contributed by atoms with Gasteiger partial charge in [0.1, 0.15) is 11.8 Å². The topological polar surface area (TPSA) is 85.7 Å². The standard InChI is InChI=1S/C18H19N3O3/c1-3-21-14-10-11(2)4-5-13(14)16(22)15(18(21)24)20-17(23)12-6-8-19-9-7-12/h4-10,16,22,24H,3H2,1-2H3,(H,20,23). The van der Waals surface area contributed by atoms with E-state index in [1.165, 1.54) is 12.4 Å². The number of aromatic nitrogens is 1. The summed E-state index contributed by atoms with van der Waals surface area (Å²) in [5.74, 6) is -0.560. The van der Waals surface area contributed by atoms with Crippen molar-refractivity contribution < 1.29 is 15.0 Å². The molecule has 1 aliphatic heterocycles. The first-order chi connectivity index (χ1) is 11.5. The summed E-state index contributed by atoms with van der Waals surface area (Å²) >= 11 is 0. The van der Waals surface area contributed by atoms with Crippen molar-refractivity contribution in [2.24, 2.45) is 0 Å². The normalized spacial score (nSPS) is 16.8. The van der Waals surface area contributed by atoms with Crippen LogP contribution in [0.25, 0.3) is 0 Å². The van der Waals surface area contributed by atoms with E-state index in [1.807, 2.05) is 32.0 Å². The van der Waals surface area contributed by atoms with Crippen LogP contribution in [0.2, 0.25) is 0 Å². The highest BCUT2D eigenvalue weighted by Gasteiger charge is 2.32. The van der Waals surface area contributed by atoms with Gasteiger partial charge in [0.05, 0.1) is 5.69 Å². The Labute approximate surface area is 140 Å². The lowest BCUT2D eigenvalue weighted by Crippen LogP contribution is -2.37. The van der Waals surface area contributed by atoms with Crippen molar-refractivity contribution in [1.29, 1.82) is 0 Å². The summed E-state index contributed by atoms with van der Waals surface area (Å²) in [6.45, 7) is 4.34. The number of hydrogen-bond acceptors (Lipinski definition) is 5. The van der Waals surface area contributed by atoms with Crippen LogP contribution >= 0.6 is 0 Å². The fraction of sp³-hybridized carbons (Fsp3) is 0.222. The number of fused-ring (bicyclic) bond motifs is 1. The van der Waals surface area contributed by atoms with Gasteiger partial charge in [-0.15, -0.1) is 0 Å². The number of rotatable bonds is 3. The minimum atomic E-state index is -1.10. The molecule has 6 nitrogen and oxygen atoms in total. The molecule has 2 aromatic rings. The Kier molecular flexibility index (Phi) is 4.22. The monoisotopic (exact) mass is 325 g/mol. The van der Waals surface area contributed by atoms with E-state index in [2.05, 4.69) is 10.3 Å². The van der Waals surface area contributed by atoms with Gasteiger partial charge in [-0.25, -0.2) is 0 Å². The molecular weight excluding hydrogens is 306 g/mol. The van der Waals surface area contributed by atoms with Crippen LogP contribution in [0.4, 0.5) is 5.69 Å². The van der Waals surface area contributed by atoms with Gasteiger partial charge in [0.2, 0.25) is 5.88 Å². The summed E-state index contributed by atoms with van der Waals surface area (Å²) in [5.41, 5.74) is 2.89. The number of aliphatic hydroxyl groups is 2. The Hall–Kier alpha value is -2.86. The van der Waals surface area contributed by atoms with E-state index in [4.69, 9.17) is 0 Å². The molecule has 0 fully saturated rings. The molecule has 1 atom stereocenters. The molecular formula is C18H19N3O3. The van der Waals surface area contributed by atoms with Gasteiger partial charge in [-0.05, 0) is 37.6 Å². The SMILES string of the molecule is CCN1C(O)=C(NC(=O)c2ccncc2)C(O)c2ccc(C)cc21. The lowest BCUT2D eigenvalue weighted by atomic mass is 9.97. The van der Waals surface area contributed by atoms with Crippen LogP contribution < -0.4 is 10.2 Å². The predicted octanol–water partition coefficient (Wildman–Crippen LogP) is 2.42. The molecule has 0 saturated heterocycles. The molecule has 0 saturated carbocycles. The Morgan fingerprint density at radius 1 is 1.29 bits per heavy atom. The first-order valence-electron chi connectivity index (χ1n) is 7.73. The number of carbonyl (C=O) groups is 1. The Morgan fingerprint density at radius 3 is 2.67 bits per heavy atom. The van der Waals surface area contributed by atoms with E-state index in [-0.39, 0.29) is 11.6 Å². The van der Waals surface area contributed by atoms with Crippen molar-refractivity contribution in [3.05, 3.63) is 71.0 Å². The number of aliphatic hydroxyl groups excluding tert-OH is 2. The number of carbonyl (C=O) groups excluding carboxylic acids is 1. The highest BCUT2D eigenvalue weighted by molar-refractivity contribution is 5.95. The number of nitrogens with one attached hydrogen (secondary N) is 1. The maximum absolute atomic E-state index is 12.4. The first-order valence-corrected chi connectivity index (χ1v) is 7.73. The van der Waals surface area contributed by atoms with Crippen LogP contribution in [0.3, 0.4) is 0 Å². The second kappa shape index (κ2) is 6.33. The van der Waals surface area contributed by atoms with Crippen LogP contribution in [0.5, 0.6) is 0 Å². The third-order valence-electron chi connectivity index (χ3n) is 4.05. The Balaban J connectivity index is 1.98. The minimum absolute atomic E-state index is 0.0787. The molecule has 6 heteroatoms. The van der Waals surface area contributed by atoms with E-state index < -0.39 is 12.0 Å². The predicted molar refractivity (Wildman–Crippen MR) is 90.5 cm³/mol. The molecule has 0 aliphatic carbocycles. The zero-order valence-electron chi connectivity index (χ0n) is 13.5. The minimum Gasteiger partial charge on any atom is -0.493 e. The second-order valence-electron chi connectivity index (χ2n) is 5.64. The highest BCUT2D eigenvalue weighted by Crippen LogP contribution is 2.38. The van der Waals surface area contributed by atoms with Crippen molar-refractivity contribution in [1.82, 2.24) is 10.3 Å². The summed E-state index contributed by atoms with van der Waals surface area (Å²) in [4.78, 5) is 17.9. The Bertz CT molecular complexity index is 802. The van der Waals surface area contributed by atoms with Gasteiger partial charge in [-0.3, -0.25) is 9.78 Å². The zero-order valence-corrected chi connectivity index (χ0v) is 13.5. The third kappa shape index (κ3) is 2.72. The number of amides is 1. The smallest absolute Gasteiger partial charge is 0.255 e. The van der Waals surface area contributed by atoms with E-state index in [0.29, 0.717) is 17.7 Å². The van der Waals surface area contributed by atoms with Crippen LogP contribution in [0, 0.1) is 6.92 Å². The number of pyridine rings is 1. The molecule has 124 valence electrons. The molecule has 3 rings (SSSR count). The third-order valence-corrected chi connectivity index (χ3v) is 4.05. The van der Waals surface area contributed by atoms with E-state index in [1.54, 1.807) is 17.0 Å². The first kappa shape index (κ1) is 16.0. The van der Waals surface area contributed by atoms with Crippen molar-refractivity contribution in [2.45, 2.75) is 20.0 Å². The van der Waals surface area contributed by atoms with E-state index in [0.717, 1.165) is 11.3 Å². The van der Waals surface area contributed by atoms with Crippen molar-refractivity contribution in [3.63, 3.8) is 0 Å². The summed E-state index contributed by atoms with van der Waals surface area (Å²) < 4.78 is 0. The van der Waals surface area contributed by atoms with Crippen LogP contribution in [0.1, 0.15) is 34.5 Å². The van der Waals surface area contributed by atoms with Gasteiger partial charge in [0, 0.05) is 30.1 Å². The quantitative estimate of drug-likeness (QED) is 0.807. The molecule has 0 spiro atoms. The van der Waals surface area contributed by atoms with Crippen LogP contribution in [-0.4, -0.2) is 27.6 Å². The summed E-state index contributed by atoms with van der Waals surface area (Å²) in [5, 5.41) is 23.8. The summed E-state index contributed by atoms with van der Waals surface area (Å²) in [6.07, 6.45) is 1.92. The summed E-state index contributed by atoms with van der Waals surface area (Å²) in [7, 11) is 0. The average Bonchev–Trinajstić information content (AvgIpc) is 2.59. The van der Waals surface area contributed by atoms with Crippen molar-refractivity contribution in [3.8, 4) is 0 Å².